The molecule has 0 spiro atoms. The van der Waals surface area contributed by atoms with Crippen LogP contribution < -0.4 is 4.90 Å². The lowest BCUT2D eigenvalue weighted by atomic mass is 9.90. The number of Topliss-reactive ketones (excluding diaryl/α,β-unsaturated/α-hetero) is 1. The van der Waals surface area contributed by atoms with Crippen LogP contribution in [0.15, 0.2) is 18.2 Å². The van der Waals surface area contributed by atoms with E-state index in [1.807, 2.05) is 26.0 Å². The second kappa shape index (κ2) is 4.69. The predicted octanol–water partition coefficient (Wildman–Crippen LogP) is 3.45. The number of carbonyl (C=O) groups is 1. The Kier molecular flexibility index (Phi) is 3.43. The number of anilines is 1. The second-order valence-corrected chi connectivity index (χ2v) is 5.28. The number of halogens is 1. The van der Waals surface area contributed by atoms with Crippen LogP contribution in [0, 0.1) is 12.8 Å². The lowest BCUT2D eigenvalue weighted by Crippen LogP contribution is -2.46. The van der Waals surface area contributed by atoms with E-state index in [2.05, 4.69) is 17.9 Å². The average Bonchev–Trinajstić information content (AvgIpc) is 2.30. The van der Waals surface area contributed by atoms with Gasteiger partial charge in [-0.25, -0.2) is 0 Å². The summed E-state index contributed by atoms with van der Waals surface area (Å²) in [7, 11) is 0. The number of aryl methyl sites for hydroxylation is 1. The summed E-state index contributed by atoms with van der Waals surface area (Å²) in [6.45, 7) is 6.91. The quantitative estimate of drug-likeness (QED) is 0.762. The van der Waals surface area contributed by atoms with Gasteiger partial charge in [0.15, 0.2) is 0 Å². The summed E-state index contributed by atoms with van der Waals surface area (Å²) < 4.78 is 0. The summed E-state index contributed by atoms with van der Waals surface area (Å²) in [5.74, 6) is 0.468. The highest BCUT2D eigenvalue weighted by Gasteiger charge is 2.30. The summed E-state index contributed by atoms with van der Waals surface area (Å²) in [6.07, 6.45) is 0.636. The van der Waals surface area contributed by atoms with Crippen molar-refractivity contribution in [3.05, 3.63) is 28.8 Å². The van der Waals surface area contributed by atoms with E-state index in [-0.39, 0.29) is 12.0 Å². The molecule has 2 unspecified atom stereocenters. The van der Waals surface area contributed by atoms with E-state index < -0.39 is 0 Å². The van der Waals surface area contributed by atoms with Crippen molar-refractivity contribution in [2.75, 3.05) is 11.4 Å². The third-order valence-electron chi connectivity index (χ3n) is 3.81. The Morgan fingerprint density at radius 1 is 1.35 bits per heavy atom. The van der Waals surface area contributed by atoms with Crippen LogP contribution in [0.5, 0.6) is 0 Å². The van der Waals surface area contributed by atoms with Crippen LogP contribution in [0.3, 0.4) is 0 Å². The van der Waals surface area contributed by atoms with Crippen molar-refractivity contribution < 1.29 is 4.79 Å². The SMILES string of the molecule is Cc1ccc(N2CCC(=O)C(C)C2C)cc1Cl. The number of hydrogen-bond donors (Lipinski definition) is 0. The molecule has 92 valence electrons. The molecule has 1 aliphatic rings. The molecular weight excluding hydrogens is 234 g/mol. The van der Waals surface area contributed by atoms with Crippen molar-refractivity contribution in [3.8, 4) is 0 Å². The summed E-state index contributed by atoms with van der Waals surface area (Å²) >= 11 is 6.15. The molecule has 0 bridgehead atoms. The zero-order chi connectivity index (χ0) is 12.6. The van der Waals surface area contributed by atoms with Crippen LogP contribution in [0.2, 0.25) is 5.02 Å². The maximum absolute atomic E-state index is 11.6. The molecule has 17 heavy (non-hydrogen) atoms. The van der Waals surface area contributed by atoms with E-state index in [4.69, 9.17) is 11.6 Å². The molecule has 1 heterocycles. The minimum atomic E-state index is 0.101. The van der Waals surface area contributed by atoms with Crippen molar-refractivity contribution in [1.82, 2.24) is 0 Å². The molecule has 2 rings (SSSR count). The van der Waals surface area contributed by atoms with Gasteiger partial charge in [0.1, 0.15) is 5.78 Å². The largest absolute Gasteiger partial charge is 0.368 e. The van der Waals surface area contributed by atoms with Crippen molar-refractivity contribution in [2.45, 2.75) is 33.2 Å². The molecule has 1 aliphatic heterocycles. The van der Waals surface area contributed by atoms with Gasteiger partial charge in [-0.1, -0.05) is 24.6 Å². The third-order valence-corrected chi connectivity index (χ3v) is 4.22. The van der Waals surface area contributed by atoms with Gasteiger partial charge in [0.05, 0.1) is 0 Å². The maximum atomic E-state index is 11.6. The topological polar surface area (TPSA) is 20.3 Å². The molecule has 2 nitrogen and oxygen atoms in total. The molecule has 2 atom stereocenters. The molecule has 0 aromatic heterocycles. The van der Waals surface area contributed by atoms with Gasteiger partial charge in [0.25, 0.3) is 0 Å². The molecular formula is C14H18ClNO. The van der Waals surface area contributed by atoms with Crippen LogP contribution in [-0.4, -0.2) is 18.4 Å². The number of carbonyl (C=O) groups excluding carboxylic acids is 1. The predicted molar refractivity (Wildman–Crippen MR) is 71.8 cm³/mol. The Labute approximate surface area is 108 Å². The zero-order valence-corrected chi connectivity index (χ0v) is 11.3. The minimum Gasteiger partial charge on any atom is -0.368 e. The van der Waals surface area contributed by atoms with Crippen molar-refractivity contribution in [2.24, 2.45) is 5.92 Å². The first-order chi connectivity index (χ1) is 8.00. The Morgan fingerprint density at radius 2 is 2.06 bits per heavy atom. The number of piperidine rings is 1. The van der Waals surface area contributed by atoms with E-state index in [0.29, 0.717) is 12.2 Å². The summed E-state index contributed by atoms with van der Waals surface area (Å²) in [5.41, 5.74) is 2.21. The van der Waals surface area contributed by atoms with Gasteiger partial charge in [-0.2, -0.15) is 0 Å². The number of hydrogen-bond acceptors (Lipinski definition) is 2. The van der Waals surface area contributed by atoms with Gasteiger partial charge in [-0.3, -0.25) is 4.79 Å². The van der Waals surface area contributed by atoms with Gasteiger partial charge in [0.2, 0.25) is 0 Å². The normalized spacial score (nSPS) is 25.2. The van der Waals surface area contributed by atoms with Gasteiger partial charge >= 0.3 is 0 Å². The smallest absolute Gasteiger partial charge is 0.139 e. The Balaban J connectivity index is 2.27. The van der Waals surface area contributed by atoms with Crippen molar-refractivity contribution >= 4 is 23.1 Å². The van der Waals surface area contributed by atoms with Crippen LogP contribution in [0.4, 0.5) is 5.69 Å². The molecule has 1 saturated heterocycles. The van der Waals surface area contributed by atoms with Crippen molar-refractivity contribution in [1.29, 1.82) is 0 Å². The van der Waals surface area contributed by atoms with E-state index >= 15 is 0 Å². The second-order valence-electron chi connectivity index (χ2n) is 4.87. The highest BCUT2D eigenvalue weighted by molar-refractivity contribution is 6.31. The first-order valence-electron chi connectivity index (χ1n) is 6.06. The Bertz CT molecular complexity index is 444. The number of rotatable bonds is 1. The molecule has 0 saturated carbocycles. The van der Waals surface area contributed by atoms with Crippen molar-refractivity contribution in [3.63, 3.8) is 0 Å². The van der Waals surface area contributed by atoms with Gasteiger partial charge in [0, 0.05) is 35.6 Å². The summed E-state index contributed by atoms with van der Waals surface area (Å²) in [5, 5.41) is 0.791. The van der Waals surface area contributed by atoms with Gasteiger partial charge in [-0.05, 0) is 31.5 Å². The molecule has 1 aromatic rings. The van der Waals surface area contributed by atoms with Crippen LogP contribution >= 0.6 is 11.6 Å². The van der Waals surface area contributed by atoms with E-state index in [1.54, 1.807) is 0 Å². The molecule has 0 N–H and O–H groups in total. The first kappa shape index (κ1) is 12.4. The number of ketones is 1. The zero-order valence-electron chi connectivity index (χ0n) is 10.5. The van der Waals surface area contributed by atoms with Gasteiger partial charge < -0.3 is 4.90 Å². The summed E-state index contributed by atoms with van der Waals surface area (Å²) in [4.78, 5) is 13.9. The van der Waals surface area contributed by atoms with Crippen LogP contribution in [-0.2, 0) is 4.79 Å². The summed E-state index contributed by atoms with van der Waals surface area (Å²) in [6, 6.07) is 6.36. The van der Waals surface area contributed by atoms with Crippen LogP contribution in [0.1, 0.15) is 25.8 Å². The Hall–Kier alpha value is -1.02. The molecule has 1 aromatic carbocycles. The molecule has 1 fully saturated rings. The lowest BCUT2D eigenvalue weighted by Gasteiger charge is -2.38. The average molecular weight is 252 g/mol. The fraction of sp³-hybridized carbons (Fsp3) is 0.500. The standard InChI is InChI=1S/C14H18ClNO/c1-9-4-5-12(8-13(9)15)16-7-6-14(17)10(2)11(16)3/h4-5,8,10-11H,6-7H2,1-3H3. The number of benzene rings is 1. The molecule has 0 radical (unpaired) electrons. The van der Waals surface area contributed by atoms with E-state index in [0.717, 1.165) is 22.8 Å². The molecule has 3 heteroatoms. The fourth-order valence-electron chi connectivity index (χ4n) is 2.33. The number of nitrogens with zero attached hydrogens (tertiary/aromatic N) is 1. The highest BCUT2D eigenvalue weighted by Crippen LogP contribution is 2.29. The lowest BCUT2D eigenvalue weighted by molar-refractivity contribution is -0.123. The van der Waals surface area contributed by atoms with Gasteiger partial charge in [-0.15, -0.1) is 0 Å². The van der Waals surface area contributed by atoms with Crippen LogP contribution in [0.25, 0.3) is 0 Å². The monoisotopic (exact) mass is 251 g/mol. The Morgan fingerprint density at radius 3 is 2.71 bits per heavy atom. The fourth-order valence-corrected chi connectivity index (χ4v) is 2.50. The maximum Gasteiger partial charge on any atom is 0.139 e. The van der Waals surface area contributed by atoms with E-state index in [9.17, 15) is 4.79 Å². The minimum absolute atomic E-state index is 0.101. The first-order valence-corrected chi connectivity index (χ1v) is 6.44. The molecule has 0 amide bonds. The molecule has 0 aliphatic carbocycles. The van der Waals surface area contributed by atoms with E-state index in [1.165, 1.54) is 0 Å². The third kappa shape index (κ3) is 2.32. The highest BCUT2D eigenvalue weighted by atomic mass is 35.5.